The summed E-state index contributed by atoms with van der Waals surface area (Å²) in [4.78, 5) is 2.41. The molecule has 3 nitrogen and oxygen atoms in total. The largest absolute Gasteiger partial charge is 0.468 e. The molecular weight excluding hydrogens is 188 g/mol. The van der Waals surface area contributed by atoms with Gasteiger partial charge in [-0.25, -0.2) is 0 Å². The highest BCUT2D eigenvalue weighted by Crippen LogP contribution is 2.23. The minimum Gasteiger partial charge on any atom is -0.468 e. The maximum absolute atomic E-state index is 5.45. The Hall–Kier alpha value is -0.800. The van der Waals surface area contributed by atoms with Crippen LogP contribution >= 0.6 is 0 Å². The molecule has 0 aromatic carbocycles. The van der Waals surface area contributed by atoms with E-state index in [1.54, 1.807) is 6.26 Å². The van der Waals surface area contributed by atoms with Gasteiger partial charge in [0.25, 0.3) is 0 Å². The lowest BCUT2D eigenvalue weighted by Crippen LogP contribution is -2.44. The first kappa shape index (κ1) is 10.7. The Morgan fingerprint density at radius 3 is 3.07 bits per heavy atom. The first-order valence-corrected chi connectivity index (χ1v) is 5.75. The first-order valence-electron chi connectivity index (χ1n) is 5.75. The number of nitrogens with one attached hydrogen (secondary N) is 1. The Labute approximate surface area is 91.4 Å². The zero-order valence-corrected chi connectivity index (χ0v) is 9.57. The molecule has 1 saturated heterocycles. The minimum absolute atomic E-state index is 0.366. The lowest BCUT2D eigenvalue weighted by molar-refractivity contribution is 0.141. The normalized spacial score (nSPS) is 24.3. The third kappa shape index (κ3) is 2.41. The predicted molar refractivity (Wildman–Crippen MR) is 60.8 cm³/mol. The molecule has 0 radical (unpaired) electrons. The summed E-state index contributed by atoms with van der Waals surface area (Å²) >= 11 is 0. The second-order valence-electron chi connectivity index (χ2n) is 4.36. The van der Waals surface area contributed by atoms with Crippen molar-refractivity contribution in [1.29, 1.82) is 0 Å². The molecule has 1 N–H and O–H groups in total. The van der Waals surface area contributed by atoms with Crippen LogP contribution in [0.15, 0.2) is 22.8 Å². The number of hydrogen-bond acceptors (Lipinski definition) is 3. The van der Waals surface area contributed by atoms with E-state index in [1.807, 2.05) is 6.07 Å². The number of nitrogens with zero attached hydrogens (tertiary/aromatic N) is 1. The van der Waals surface area contributed by atoms with Gasteiger partial charge in [-0.1, -0.05) is 0 Å². The molecule has 1 unspecified atom stereocenters. The lowest BCUT2D eigenvalue weighted by Gasteiger charge is -2.35. The maximum Gasteiger partial charge on any atom is 0.120 e. The van der Waals surface area contributed by atoms with Gasteiger partial charge in [0.2, 0.25) is 0 Å². The van der Waals surface area contributed by atoms with E-state index in [0.29, 0.717) is 12.1 Å². The molecule has 0 saturated carbocycles. The van der Waals surface area contributed by atoms with E-state index in [1.165, 1.54) is 19.4 Å². The molecule has 1 aromatic rings. The number of likely N-dealkylation sites (N-methyl/N-ethyl adjacent to an activating group) is 1. The Morgan fingerprint density at radius 2 is 2.47 bits per heavy atom. The zero-order valence-electron chi connectivity index (χ0n) is 9.57. The van der Waals surface area contributed by atoms with Crippen molar-refractivity contribution in [3.05, 3.63) is 24.2 Å². The van der Waals surface area contributed by atoms with Crippen LogP contribution < -0.4 is 5.32 Å². The first-order chi connectivity index (χ1) is 7.29. The molecule has 2 rings (SSSR count). The van der Waals surface area contributed by atoms with Gasteiger partial charge in [-0.3, -0.25) is 4.90 Å². The van der Waals surface area contributed by atoms with E-state index in [2.05, 4.69) is 30.3 Å². The Balaban J connectivity index is 1.97. The summed E-state index contributed by atoms with van der Waals surface area (Å²) in [7, 11) is 2.19. The standard InChI is InChI=1S/C12H20N2O/c1-10(12-6-4-8-15-12)14(2)11-5-3-7-13-9-11/h4,6,8,10-11,13H,3,5,7,9H2,1-2H3/t10?,11-/m0/s1. The van der Waals surface area contributed by atoms with Crippen LogP contribution in [0.1, 0.15) is 31.6 Å². The van der Waals surface area contributed by atoms with E-state index < -0.39 is 0 Å². The summed E-state index contributed by atoms with van der Waals surface area (Å²) in [6, 6.07) is 5.01. The van der Waals surface area contributed by atoms with E-state index in [9.17, 15) is 0 Å². The molecule has 0 spiro atoms. The van der Waals surface area contributed by atoms with Gasteiger partial charge in [-0.15, -0.1) is 0 Å². The zero-order chi connectivity index (χ0) is 10.7. The summed E-state index contributed by atoms with van der Waals surface area (Å²) in [5, 5.41) is 3.44. The Kier molecular flexibility index (Phi) is 3.44. The van der Waals surface area contributed by atoms with Gasteiger partial charge in [0.05, 0.1) is 12.3 Å². The van der Waals surface area contributed by atoms with Crippen molar-refractivity contribution in [2.45, 2.75) is 31.8 Å². The van der Waals surface area contributed by atoms with Crippen LogP contribution in [0, 0.1) is 0 Å². The fourth-order valence-electron chi connectivity index (χ4n) is 2.23. The van der Waals surface area contributed by atoms with Crippen molar-refractivity contribution in [2.75, 3.05) is 20.1 Å². The lowest BCUT2D eigenvalue weighted by atomic mass is 10.0. The Bertz CT molecular complexity index is 278. The second-order valence-corrected chi connectivity index (χ2v) is 4.36. The highest BCUT2D eigenvalue weighted by molar-refractivity contribution is 5.04. The van der Waals surface area contributed by atoms with Crippen LogP contribution in [0.5, 0.6) is 0 Å². The van der Waals surface area contributed by atoms with Crippen molar-refractivity contribution in [2.24, 2.45) is 0 Å². The molecule has 0 amide bonds. The van der Waals surface area contributed by atoms with Crippen molar-refractivity contribution < 1.29 is 4.42 Å². The highest BCUT2D eigenvalue weighted by atomic mass is 16.3. The van der Waals surface area contributed by atoms with Crippen LogP contribution in [0.25, 0.3) is 0 Å². The topological polar surface area (TPSA) is 28.4 Å². The fraction of sp³-hybridized carbons (Fsp3) is 0.667. The molecule has 3 heteroatoms. The average molecular weight is 208 g/mol. The molecule has 0 aliphatic carbocycles. The van der Waals surface area contributed by atoms with Crippen LogP contribution in [0.2, 0.25) is 0 Å². The molecule has 84 valence electrons. The van der Waals surface area contributed by atoms with E-state index >= 15 is 0 Å². The number of rotatable bonds is 3. The van der Waals surface area contributed by atoms with Gasteiger partial charge in [0.1, 0.15) is 5.76 Å². The van der Waals surface area contributed by atoms with Gasteiger partial charge in [0, 0.05) is 12.6 Å². The van der Waals surface area contributed by atoms with E-state index in [0.717, 1.165) is 12.3 Å². The minimum atomic E-state index is 0.366. The molecular formula is C12H20N2O. The van der Waals surface area contributed by atoms with Crippen LogP contribution in [-0.2, 0) is 0 Å². The summed E-state index contributed by atoms with van der Waals surface area (Å²) < 4.78 is 5.45. The third-order valence-corrected chi connectivity index (χ3v) is 3.41. The van der Waals surface area contributed by atoms with Gasteiger partial charge in [-0.05, 0) is 45.5 Å². The molecule has 1 fully saturated rings. The van der Waals surface area contributed by atoms with Crippen LogP contribution in [-0.4, -0.2) is 31.1 Å². The van der Waals surface area contributed by atoms with E-state index in [-0.39, 0.29) is 0 Å². The fourth-order valence-corrected chi connectivity index (χ4v) is 2.23. The quantitative estimate of drug-likeness (QED) is 0.824. The van der Waals surface area contributed by atoms with Gasteiger partial charge < -0.3 is 9.73 Å². The molecule has 2 heterocycles. The van der Waals surface area contributed by atoms with Gasteiger partial charge >= 0.3 is 0 Å². The van der Waals surface area contributed by atoms with Crippen LogP contribution in [0.3, 0.4) is 0 Å². The van der Waals surface area contributed by atoms with Crippen LogP contribution in [0.4, 0.5) is 0 Å². The van der Waals surface area contributed by atoms with Gasteiger partial charge in [-0.2, -0.15) is 0 Å². The maximum atomic E-state index is 5.45. The molecule has 0 bridgehead atoms. The summed E-state index contributed by atoms with van der Waals surface area (Å²) in [5.41, 5.74) is 0. The molecule has 2 atom stereocenters. The third-order valence-electron chi connectivity index (χ3n) is 3.41. The molecule has 1 aliphatic rings. The average Bonchev–Trinajstić information content (AvgIpc) is 2.82. The summed E-state index contributed by atoms with van der Waals surface area (Å²) in [5.74, 6) is 1.06. The van der Waals surface area contributed by atoms with E-state index in [4.69, 9.17) is 4.42 Å². The smallest absolute Gasteiger partial charge is 0.120 e. The SMILES string of the molecule is CC(c1ccco1)N(C)[C@H]1CCCNC1. The summed E-state index contributed by atoms with van der Waals surface area (Å²) in [6.45, 7) is 4.47. The molecule has 15 heavy (non-hydrogen) atoms. The monoisotopic (exact) mass is 208 g/mol. The van der Waals surface area contributed by atoms with Crippen molar-refractivity contribution in [3.63, 3.8) is 0 Å². The second kappa shape index (κ2) is 4.81. The molecule has 1 aromatic heterocycles. The predicted octanol–water partition coefficient (Wildman–Crippen LogP) is 2.02. The molecule has 1 aliphatic heterocycles. The van der Waals surface area contributed by atoms with Crippen molar-refractivity contribution >= 4 is 0 Å². The number of piperidine rings is 1. The highest BCUT2D eigenvalue weighted by Gasteiger charge is 2.23. The Morgan fingerprint density at radius 1 is 1.60 bits per heavy atom. The van der Waals surface area contributed by atoms with Crippen molar-refractivity contribution in [3.8, 4) is 0 Å². The van der Waals surface area contributed by atoms with Crippen molar-refractivity contribution in [1.82, 2.24) is 10.2 Å². The van der Waals surface area contributed by atoms with Gasteiger partial charge in [0.15, 0.2) is 0 Å². The number of furan rings is 1. The number of hydrogen-bond donors (Lipinski definition) is 1. The summed E-state index contributed by atoms with van der Waals surface area (Å²) in [6.07, 6.45) is 4.31.